The van der Waals surface area contributed by atoms with Gasteiger partial charge in [0.05, 0.1) is 12.3 Å². The molecule has 1 aromatic carbocycles. The summed E-state index contributed by atoms with van der Waals surface area (Å²) in [4.78, 5) is 11.7. The van der Waals surface area contributed by atoms with Crippen LogP contribution >= 0.6 is 15.9 Å². The number of ether oxygens (including phenoxy) is 2. The van der Waals surface area contributed by atoms with Crippen LogP contribution in [0.25, 0.3) is 0 Å². The van der Waals surface area contributed by atoms with Gasteiger partial charge in [-0.1, -0.05) is 15.9 Å². The van der Waals surface area contributed by atoms with E-state index in [0.29, 0.717) is 18.0 Å². The molecule has 0 aromatic heterocycles. The topological polar surface area (TPSA) is 61.5 Å². The standard InChI is InChI=1S/C12H16BrNO3/c1-4-16-11(15)12(2,3)17-10-6-5-8(13)7-9(10)14/h5-7H,4,14H2,1-3H3. The van der Waals surface area contributed by atoms with Crippen LogP contribution in [0, 0.1) is 0 Å². The lowest BCUT2D eigenvalue weighted by molar-refractivity contribution is -0.158. The van der Waals surface area contributed by atoms with Crippen molar-refractivity contribution in [3.8, 4) is 5.75 Å². The first kappa shape index (κ1) is 13.8. The number of hydrogen-bond acceptors (Lipinski definition) is 4. The minimum absolute atomic E-state index is 0.321. The van der Waals surface area contributed by atoms with Gasteiger partial charge < -0.3 is 15.2 Å². The Hall–Kier alpha value is -1.23. The third-order valence-electron chi connectivity index (χ3n) is 2.10. The van der Waals surface area contributed by atoms with Gasteiger partial charge in [-0.2, -0.15) is 0 Å². The third-order valence-corrected chi connectivity index (χ3v) is 2.60. The smallest absolute Gasteiger partial charge is 0.349 e. The summed E-state index contributed by atoms with van der Waals surface area (Å²) in [7, 11) is 0. The lowest BCUT2D eigenvalue weighted by atomic mass is 10.1. The number of halogens is 1. The number of hydrogen-bond donors (Lipinski definition) is 1. The third kappa shape index (κ3) is 3.63. The monoisotopic (exact) mass is 301 g/mol. The summed E-state index contributed by atoms with van der Waals surface area (Å²) in [5.74, 6) is 0.0496. The summed E-state index contributed by atoms with van der Waals surface area (Å²) in [6, 6.07) is 5.23. The Morgan fingerprint density at radius 3 is 2.65 bits per heavy atom. The molecule has 17 heavy (non-hydrogen) atoms. The lowest BCUT2D eigenvalue weighted by Gasteiger charge is -2.24. The second-order valence-corrected chi connectivity index (χ2v) is 4.93. The van der Waals surface area contributed by atoms with Crippen LogP contribution in [-0.4, -0.2) is 18.2 Å². The minimum Gasteiger partial charge on any atom is -0.474 e. The molecule has 0 saturated heterocycles. The molecule has 0 bridgehead atoms. The van der Waals surface area contributed by atoms with E-state index in [1.54, 1.807) is 39.0 Å². The molecule has 0 amide bonds. The predicted molar refractivity (Wildman–Crippen MR) is 69.9 cm³/mol. The van der Waals surface area contributed by atoms with Crippen molar-refractivity contribution in [2.75, 3.05) is 12.3 Å². The van der Waals surface area contributed by atoms with E-state index in [0.717, 1.165) is 4.47 Å². The fourth-order valence-corrected chi connectivity index (χ4v) is 1.61. The second-order valence-electron chi connectivity index (χ2n) is 4.01. The number of anilines is 1. The Balaban J connectivity index is 2.86. The molecule has 1 aromatic rings. The molecule has 0 unspecified atom stereocenters. The van der Waals surface area contributed by atoms with Crippen molar-refractivity contribution in [3.63, 3.8) is 0 Å². The molecule has 4 nitrogen and oxygen atoms in total. The maximum atomic E-state index is 11.7. The van der Waals surface area contributed by atoms with Crippen molar-refractivity contribution >= 4 is 27.6 Å². The fraction of sp³-hybridized carbons (Fsp3) is 0.417. The molecular weight excluding hydrogens is 286 g/mol. The minimum atomic E-state index is -1.06. The highest BCUT2D eigenvalue weighted by atomic mass is 79.9. The normalized spacial score (nSPS) is 11.1. The Morgan fingerprint density at radius 1 is 1.47 bits per heavy atom. The van der Waals surface area contributed by atoms with Gasteiger partial charge in [-0.25, -0.2) is 4.79 Å². The zero-order valence-electron chi connectivity index (χ0n) is 10.1. The number of nitrogen functional groups attached to an aromatic ring is 1. The van der Waals surface area contributed by atoms with Crippen molar-refractivity contribution in [3.05, 3.63) is 22.7 Å². The summed E-state index contributed by atoms with van der Waals surface area (Å²) in [5, 5.41) is 0. The van der Waals surface area contributed by atoms with Crippen LogP contribution < -0.4 is 10.5 Å². The number of benzene rings is 1. The molecule has 0 heterocycles. The first-order valence-corrected chi connectivity index (χ1v) is 6.07. The maximum Gasteiger partial charge on any atom is 0.349 e. The van der Waals surface area contributed by atoms with Crippen LogP contribution in [0.15, 0.2) is 22.7 Å². The fourth-order valence-electron chi connectivity index (χ4n) is 1.23. The van der Waals surface area contributed by atoms with Crippen LogP contribution in [0.4, 0.5) is 5.69 Å². The van der Waals surface area contributed by atoms with E-state index in [-0.39, 0.29) is 0 Å². The largest absolute Gasteiger partial charge is 0.474 e. The predicted octanol–water partition coefficient (Wildman–Crippen LogP) is 2.75. The highest BCUT2D eigenvalue weighted by molar-refractivity contribution is 9.10. The van der Waals surface area contributed by atoms with Gasteiger partial charge in [0.15, 0.2) is 5.60 Å². The summed E-state index contributed by atoms with van der Waals surface area (Å²) in [6.45, 7) is 5.36. The Morgan fingerprint density at radius 2 is 2.12 bits per heavy atom. The summed E-state index contributed by atoms with van der Waals surface area (Å²) < 4.78 is 11.4. The number of esters is 1. The van der Waals surface area contributed by atoms with E-state index in [2.05, 4.69) is 15.9 Å². The number of nitrogens with two attached hydrogens (primary N) is 1. The molecule has 0 aliphatic carbocycles. The quantitative estimate of drug-likeness (QED) is 0.686. The molecule has 0 fully saturated rings. The highest BCUT2D eigenvalue weighted by Gasteiger charge is 2.32. The number of carbonyl (C=O) groups is 1. The van der Waals surface area contributed by atoms with Gasteiger partial charge in [0, 0.05) is 4.47 Å². The van der Waals surface area contributed by atoms with Crippen molar-refractivity contribution in [2.45, 2.75) is 26.4 Å². The van der Waals surface area contributed by atoms with E-state index < -0.39 is 11.6 Å². The Bertz CT molecular complexity index is 418. The van der Waals surface area contributed by atoms with E-state index >= 15 is 0 Å². The van der Waals surface area contributed by atoms with Gasteiger partial charge in [0.1, 0.15) is 5.75 Å². The second kappa shape index (κ2) is 5.40. The first-order valence-electron chi connectivity index (χ1n) is 5.28. The molecule has 0 saturated carbocycles. The molecule has 0 aliphatic heterocycles. The van der Waals surface area contributed by atoms with Gasteiger partial charge in [-0.3, -0.25) is 0 Å². The van der Waals surface area contributed by atoms with Gasteiger partial charge in [0.2, 0.25) is 0 Å². The summed E-state index contributed by atoms with van der Waals surface area (Å²) >= 11 is 3.30. The zero-order valence-corrected chi connectivity index (χ0v) is 11.7. The Kier molecular flexibility index (Phi) is 4.40. The SMILES string of the molecule is CCOC(=O)C(C)(C)Oc1ccc(Br)cc1N. The molecule has 5 heteroatoms. The molecule has 0 radical (unpaired) electrons. The zero-order chi connectivity index (χ0) is 13.1. The summed E-state index contributed by atoms with van der Waals surface area (Å²) in [6.07, 6.45) is 0. The number of rotatable bonds is 4. The van der Waals surface area contributed by atoms with Gasteiger partial charge in [0.25, 0.3) is 0 Å². The molecular formula is C12H16BrNO3. The van der Waals surface area contributed by atoms with Crippen molar-refractivity contribution in [1.82, 2.24) is 0 Å². The van der Waals surface area contributed by atoms with Crippen molar-refractivity contribution in [1.29, 1.82) is 0 Å². The lowest BCUT2D eigenvalue weighted by Crippen LogP contribution is -2.39. The molecule has 0 aliphatic rings. The van der Waals surface area contributed by atoms with Gasteiger partial charge >= 0.3 is 5.97 Å². The first-order chi connectivity index (χ1) is 7.86. The van der Waals surface area contributed by atoms with Crippen molar-refractivity contribution in [2.24, 2.45) is 0 Å². The molecule has 2 N–H and O–H groups in total. The average Bonchev–Trinajstić information content (AvgIpc) is 2.22. The summed E-state index contributed by atoms with van der Waals surface area (Å²) in [5.41, 5.74) is 5.21. The molecule has 94 valence electrons. The number of carbonyl (C=O) groups excluding carboxylic acids is 1. The highest BCUT2D eigenvalue weighted by Crippen LogP contribution is 2.28. The van der Waals surface area contributed by atoms with Gasteiger partial charge in [-0.15, -0.1) is 0 Å². The van der Waals surface area contributed by atoms with E-state index in [1.165, 1.54) is 0 Å². The van der Waals surface area contributed by atoms with Crippen LogP contribution in [0.1, 0.15) is 20.8 Å². The maximum absolute atomic E-state index is 11.7. The van der Waals surface area contributed by atoms with Crippen LogP contribution in [0.2, 0.25) is 0 Å². The van der Waals surface area contributed by atoms with Crippen molar-refractivity contribution < 1.29 is 14.3 Å². The Labute approximate surface area is 109 Å². The van der Waals surface area contributed by atoms with E-state index in [4.69, 9.17) is 15.2 Å². The van der Waals surface area contributed by atoms with Crippen LogP contribution in [-0.2, 0) is 9.53 Å². The van der Waals surface area contributed by atoms with Crippen LogP contribution in [0.3, 0.4) is 0 Å². The van der Waals surface area contributed by atoms with Crippen LogP contribution in [0.5, 0.6) is 5.75 Å². The molecule has 0 atom stereocenters. The van der Waals surface area contributed by atoms with E-state index in [1.807, 2.05) is 0 Å². The van der Waals surface area contributed by atoms with E-state index in [9.17, 15) is 4.79 Å². The molecule has 0 spiro atoms. The van der Waals surface area contributed by atoms with Gasteiger partial charge in [-0.05, 0) is 39.0 Å². The molecule has 1 rings (SSSR count). The average molecular weight is 302 g/mol.